The number of halogens is 6. The second-order valence-electron chi connectivity index (χ2n) is 10.4. The maximum absolute atomic E-state index is 13.9. The van der Waals surface area contributed by atoms with Gasteiger partial charge in [0, 0.05) is 63.6 Å². The van der Waals surface area contributed by atoms with E-state index >= 15 is 0 Å². The van der Waals surface area contributed by atoms with E-state index in [4.69, 9.17) is 4.74 Å². The average Bonchev–Trinajstić information content (AvgIpc) is 3.47. The molecule has 0 saturated carbocycles. The Morgan fingerprint density at radius 2 is 1.60 bits per heavy atom. The summed E-state index contributed by atoms with van der Waals surface area (Å²) in [5.74, 6) is -0.449. The molecule has 2 fully saturated rings. The summed E-state index contributed by atoms with van der Waals surface area (Å²) in [6.07, 6.45) is -5.70. The van der Waals surface area contributed by atoms with Crippen molar-refractivity contribution in [2.45, 2.75) is 50.7 Å². The third-order valence-corrected chi connectivity index (χ3v) is 7.51. The molecule has 1 aromatic carbocycles. The Morgan fingerprint density at radius 1 is 0.907 bits per heavy atom. The van der Waals surface area contributed by atoms with Crippen molar-refractivity contribution in [2.75, 3.05) is 42.5 Å². The van der Waals surface area contributed by atoms with Crippen molar-refractivity contribution in [3.63, 3.8) is 0 Å². The molecule has 3 aromatic rings. The number of benzene rings is 1. The van der Waals surface area contributed by atoms with Crippen LogP contribution < -0.4 is 14.5 Å². The summed E-state index contributed by atoms with van der Waals surface area (Å²) in [6.45, 7) is 1.83. The number of alkyl halides is 6. The normalized spacial score (nSPS) is 17.8. The molecule has 15 heteroatoms. The van der Waals surface area contributed by atoms with Crippen LogP contribution in [0.1, 0.15) is 42.4 Å². The van der Waals surface area contributed by atoms with Gasteiger partial charge in [0.05, 0.1) is 5.56 Å². The molecule has 1 amide bonds. The summed E-state index contributed by atoms with van der Waals surface area (Å²) < 4.78 is 85.5. The first kappa shape index (κ1) is 30.3. The number of amides is 1. The summed E-state index contributed by atoms with van der Waals surface area (Å²) in [5, 5.41) is 7.82. The van der Waals surface area contributed by atoms with Gasteiger partial charge >= 0.3 is 12.4 Å². The summed E-state index contributed by atoms with van der Waals surface area (Å²) >= 11 is 0. The summed E-state index contributed by atoms with van der Waals surface area (Å²) in [6, 6.07) is 9.55. The first-order valence-corrected chi connectivity index (χ1v) is 13.8. The van der Waals surface area contributed by atoms with E-state index in [-0.39, 0.29) is 36.7 Å². The first-order valence-electron chi connectivity index (χ1n) is 13.8. The van der Waals surface area contributed by atoms with Crippen LogP contribution in [0.15, 0.2) is 48.8 Å². The molecule has 5 rings (SSSR count). The predicted octanol–water partition coefficient (Wildman–Crippen LogP) is 4.98. The predicted molar refractivity (Wildman–Crippen MR) is 143 cm³/mol. The number of ether oxygens (including phenoxy) is 1. The summed E-state index contributed by atoms with van der Waals surface area (Å²) in [5.41, 5.74) is -1.25. The van der Waals surface area contributed by atoms with Crippen molar-refractivity contribution >= 4 is 17.7 Å². The summed E-state index contributed by atoms with van der Waals surface area (Å²) in [7, 11) is 0. The highest BCUT2D eigenvalue weighted by atomic mass is 19.4. The van der Waals surface area contributed by atoms with E-state index in [0.29, 0.717) is 51.1 Å². The minimum Gasteiger partial charge on any atom is -0.471 e. The lowest BCUT2D eigenvalue weighted by Crippen LogP contribution is -2.49. The van der Waals surface area contributed by atoms with Gasteiger partial charge in [-0.25, -0.2) is 9.97 Å². The smallest absolute Gasteiger partial charge is 0.421 e. The van der Waals surface area contributed by atoms with Crippen molar-refractivity contribution in [3.05, 3.63) is 65.5 Å². The minimum absolute atomic E-state index is 0.0829. The molecule has 43 heavy (non-hydrogen) atoms. The highest BCUT2D eigenvalue weighted by Crippen LogP contribution is 2.38. The van der Waals surface area contributed by atoms with Gasteiger partial charge in [0.25, 0.3) is 0 Å². The molecular weight excluding hydrogens is 580 g/mol. The van der Waals surface area contributed by atoms with Crippen LogP contribution in [0.4, 0.5) is 38.1 Å². The number of carbonyl (C=O) groups is 1. The Labute approximate surface area is 243 Å². The van der Waals surface area contributed by atoms with E-state index in [1.165, 1.54) is 0 Å². The Kier molecular flexibility index (Phi) is 8.87. The second kappa shape index (κ2) is 12.6. The zero-order valence-electron chi connectivity index (χ0n) is 23.0. The quantitative estimate of drug-likeness (QED) is 0.331. The number of rotatable bonds is 8. The number of nitrogens with zero attached hydrogens (tertiary/aromatic N) is 7. The van der Waals surface area contributed by atoms with Crippen molar-refractivity contribution in [3.8, 4) is 5.88 Å². The zero-order valence-corrected chi connectivity index (χ0v) is 23.0. The minimum atomic E-state index is -4.70. The molecule has 0 unspecified atom stereocenters. The third-order valence-electron chi connectivity index (χ3n) is 7.51. The van der Waals surface area contributed by atoms with Crippen LogP contribution >= 0.6 is 0 Å². The lowest BCUT2D eigenvalue weighted by Gasteiger charge is -2.35. The highest BCUT2D eigenvalue weighted by Gasteiger charge is 2.38. The number of anilines is 2. The van der Waals surface area contributed by atoms with E-state index in [9.17, 15) is 31.1 Å². The van der Waals surface area contributed by atoms with Crippen LogP contribution in [-0.2, 0) is 23.8 Å². The molecule has 0 aliphatic carbocycles. The van der Waals surface area contributed by atoms with Crippen LogP contribution in [0.2, 0.25) is 0 Å². The average molecular weight is 610 g/mol. The van der Waals surface area contributed by atoms with Gasteiger partial charge in [0.15, 0.2) is 5.82 Å². The highest BCUT2D eigenvalue weighted by molar-refractivity contribution is 5.76. The fourth-order valence-corrected chi connectivity index (χ4v) is 5.22. The maximum atomic E-state index is 13.9. The number of piperazine rings is 1. The number of carbonyl (C=O) groups excluding carboxylic acids is 1. The van der Waals surface area contributed by atoms with Crippen molar-refractivity contribution < 1.29 is 35.9 Å². The molecule has 9 nitrogen and oxygen atoms in total. The van der Waals surface area contributed by atoms with Gasteiger partial charge in [-0.3, -0.25) is 4.79 Å². The van der Waals surface area contributed by atoms with Gasteiger partial charge in [0.2, 0.25) is 17.7 Å². The van der Waals surface area contributed by atoms with E-state index in [1.54, 1.807) is 45.0 Å². The molecule has 2 saturated heterocycles. The molecule has 2 aliphatic heterocycles. The maximum Gasteiger partial charge on any atom is 0.421 e. The van der Waals surface area contributed by atoms with Gasteiger partial charge < -0.3 is 19.4 Å². The van der Waals surface area contributed by atoms with Gasteiger partial charge in [-0.2, -0.15) is 26.3 Å². The monoisotopic (exact) mass is 609 g/mol. The van der Waals surface area contributed by atoms with Crippen LogP contribution in [-0.4, -0.2) is 69.7 Å². The van der Waals surface area contributed by atoms with Crippen molar-refractivity contribution in [1.82, 2.24) is 25.1 Å². The van der Waals surface area contributed by atoms with E-state index in [1.807, 2.05) is 0 Å². The molecular formula is C28H29F6N7O2. The first-order chi connectivity index (χ1) is 20.5. The Bertz CT molecular complexity index is 1380. The lowest BCUT2D eigenvalue weighted by atomic mass is 10.1. The van der Waals surface area contributed by atoms with Gasteiger partial charge in [-0.15, -0.1) is 10.2 Å². The van der Waals surface area contributed by atoms with Crippen LogP contribution in [0, 0.1) is 0 Å². The Balaban J connectivity index is 1.16. The van der Waals surface area contributed by atoms with Crippen LogP contribution in [0.25, 0.3) is 0 Å². The molecule has 2 aliphatic rings. The van der Waals surface area contributed by atoms with Crippen LogP contribution in [0.5, 0.6) is 5.88 Å². The number of hydrogen-bond acceptors (Lipinski definition) is 8. The van der Waals surface area contributed by atoms with E-state index < -0.39 is 29.4 Å². The van der Waals surface area contributed by atoms with Crippen LogP contribution in [0.3, 0.4) is 0 Å². The lowest BCUT2D eigenvalue weighted by molar-refractivity contribution is -0.139. The molecule has 2 aromatic heterocycles. The van der Waals surface area contributed by atoms with Crippen molar-refractivity contribution in [1.29, 1.82) is 0 Å². The van der Waals surface area contributed by atoms with E-state index in [2.05, 4.69) is 20.2 Å². The number of aromatic nitrogens is 4. The SMILES string of the molecule is O=C(CC[C@@H]1CCCN1c1cc(C(F)(F)F)c(OCc2ccccc2)nn1)N1CCN(c2ncc(C(F)(F)F)cn2)CC1. The van der Waals surface area contributed by atoms with Gasteiger partial charge in [-0.1, -0.05) is 30.3 Å². The topological polar surface area (TPSA) is 87.6 Å². The third kappa shape index (κ3) is 7.43. The van der Waals surface area contributed by atoms with Crippen molar-refractivity contribution in [2.24, 2.45) is 0 Å². The largest absolute Gasteiger partial charge is 0.471 e. The van der Waals surface area contributed by atoms with Gasteiger partial charge in [0.1, 0.15) is 12.2 Å². The molecule has 0 bridgehead atoms. The fraction of sp³-hybridized carbons (Fsp3) is 0.464. The molecule has 230 valence electrons. The van der Waals surface area contributed by atoms with Gasteiger partial charge in [-0.05, 0) is 24.8 Å². The second-order valence-corrected chi connectivity index (χ2v) is 10.4. The molecule has 0 radical (unpaired) electrons. The molecule has 1 atom stereocenters. The number of hydrogen-bond donors (Lipinski definition) is 0. The molecule has 4 heterocycles. The van der Waals surface area contributed by atoms with E-state index in [0.717, 1.165) is 24.9 Å². The Morgan fingerprint density at radius 3 is 2.26 bits per heavy atom. The summed E-state index contributed by atoms with van der Waals surface area (Å²) in [4.78, 5) is 25.7. The fourth-order valence-electron chi connectivity index (χ4n) is 5.22. The molecule has 0 N–H and O–H groups in total. The standard InChI is InChI=1S/C28H29F6N7O2/c29-27(30,31)20-16-35-26(36-17-20)40-13-11-39(12-14-40)24(42)9-8-21-7-4-10-41(21)23-15-22(28(32,33)34)25(38-37-23)43-18-19-5-2-1-3-6-19/h1-3,5-6,15-17,21H,4,7-14,18H2/t21-/m0/s1. The molecule has 0 spiro atoms. The Hall–Kier alpha value is -4.17. The zero-order chi connectivity index (χ0) is 30.6.